The van der Waals surface area contributed by atoms with Gasteiger partial charge in [-0.25, -0.2) is 0 Å². The van der Waals surface area contributed by atoms with Crippen LogP contribution in [0.3, 0.4) is 0 Å². The Kier molecular flexibility index (Phi) is 4.17. The van der Waals surface area contributed by atoms with Crippen molar-refractivity contribution in [2.45, 2.75) is 6.92 Å². The summed E-state index contributed by atoms with van der Waals surface area (Å²) < 4.78 is 5.55. The van der Waals surface area contributed by atoms with Crippen LogP contribution in [0, 0.1) is 11.3 Å². The van der Waals surface area contributed by atoms with Gasteiger partial charge in [-0.2, -0.15) is 10.4 Å². The third-order valence-electron chi connectivity index (χ3n) is 3.71. The Morgan fingerprint density at radius 3 is 2.92 bits per heavy atom. The lowest BCUT2D eigenvalue weighted by Gasteiger charge is -2.06. The van der Waals surface area contributed by atoms with E-state index in [0.29, 0.717) is 29.2 Å². The van der Waals surface area contributed by atoms with Gasteiger partial charge in [-0.05, 0) is 31.2 Å². The van der Waals surface area contributed by atoms with Crippen LogP contribution >= 0.6 is 0 Å². The van der Waals surface area contributed by atoms with Crippen molar-refractivity contribution in [3.8, 4) is 23.1 Å². The van der Waals surface area contributed by atoms with Crippen LogP contribution in [0.2, 0.25) is 0 Å². The minimum Gasteiger partial charge on any atom is -0.492 e. The predicted molar refractivity (Wildman–Crippen MR) is 90.8 cm³/mol. The van der Waals surface area contributed by atoms with E-state index in [1.54, 1.807) is 25.2 Å². The van der Waals surface area contributed by atoms with Gasteiger partial charge in [0.05, 0.1) is 17.7 Å². The zero-order chi connectivity index (χ0) is 17.1. The number of H-pyrrole nitrogens is 1. The molecule has 2 N–H and O–H groups in total. The smallest absolute Gasteiger partial charge is 0.251 e. The van der Waals surface area contributed by atoms with Crippen LogP contribution in [0.15, 0.2) is 36.4 Å². The number of amides is 1. The quantitative estimate of drug-likeness (QED) is 0.773. The molecular formula is C18H16N4O2. The molecule has 6 heteroatoms. The fraction of sp³-hybridized carbons (Fsp3) is 0.167. The van der Waals surface area contributed by atoms with Crippen LogP contribution in [-0.2, 0) is 0 Å². The van der Waals surface area contributed by atoms with E-state index in [-0.39, 0.29) is 5.91 Å². The van der Waals surface area contributed by atoms with Crippen LogP contribution in [0.25, 0.3) is 22.2 Å². The standard InChI is InChI=1S/C18H16N4O2/c1-3-24-16-9-14-15(8-13(16)10-19)21-22-17(14)11-5-4-6-12(7-11)18(23)20-2/h4-9H,3H2,1-2H3,(H,20,23)(H,21,22). The summed E-state index contributed by atoms with van der Waals surface area (Å²) >= 11 is 0. The maximum Gasteiger partial charge on any atom is 0.251 e. The molecule has 0 aliphatic rings. The van der Waals surface area contributed by atoms with Crippen molar-refractivity contribution >= 4 is 16.8 Å². The van der Waals surface area contributed by atoms with Crippen molar-refractivity contribution in [2.75, 3.05) is 13.7 Å². The minimum absolute atomic E-state index is 0.154. The van der Waals surface area contributed by atoms with Crippen molar-refractivity contribution in [1.82, 2.24) is 15.5 Å². The molecule has 0 fully saturated rings. The number of fused-ring (bicyclic) bond motifs is 1. The highest BCUT2D eigenvalue weighted by molar-refractivity contribution is 5.98. The molecule has 0 spiro atoms. The Morgan fingerprint density at radius 2 is 2.21 bits per heavy atom. The lowest BCUT2D eigenvalue weighted by atomic mass is 10.0. The Labute approximate surface area is 139 Å². The van der Waals surface area contributed by atoms with Crippen molar-refractivity contribution in [2.24, 2.45) is 0 Å². The van der Waals surface area contributed by atoms with Gasteiger partial charge in [0, 0.05) is 23.6 Å². The van der Waals surface area contributed by atoms with Crippen molar-refractivity contribution in [1.29, 1.82) is 5.26 Å². The van der Waals surface area contributed by atoms with E-state index in [0.717, 1.165) is 16.5 Å². The number of nitrogens with zero attached hydrogens (tertiary/aromatic N) is 2. The molecule has 0 saturated heterocycles. The van der Waals surface area contributed by atoms with Crippen LogP contribution in [0.1, 0.15) is 22.8 Å². The highest BCUT2D eigenvalue weighted by atomic mass is 16.5. The van der Waals surface area contributed by atoms with Gasteiger partial charge in [0.15, 0.2) is 0 Å². The average Bonchev–Trinajstić information content (AvgIpc) is 3.03. The molecule has 2 aromatic carbocycles. The summed E-state index contributed by atoms with van der Waals surface area (Å²) in [4.78, 5) is 11.8. The number of carbonyl (C=O) groups is 1. The Morgan fingerprint density at radius 1 is 1.38 bits per heavy atom. The van der Waals surface area contributed by atoms with E-state index in [4.69, 9.17) is 4.74 Å². The molecule has 0 radical (unpaired) electrons. The van der Waals surface area contributed by atoms with Gasteiger partial charge in [0.1, 0.15) is 17.5 Å². The molecule has 0 aliphatic heterocycles. The minimum atomic E-state index is -0.154. The van der Waals surface area contributed by atoms with Crippen LogP contribution in [0.4, 0.5) is 0 Å². The maximum absolute atomic E-state index is 11.8. The van der Waals surface area contributed by atoms with E-state index < -0.39 is 0 Å². The predicted octanol–water partition coefficient (Wildman–Crippen LogP) is 2.86. The van der Waals surface area contributed by atoms with Crippen LogP contribution in [-0.4, -0.2) is 29.8 Å². The first-order chi connectivity index (χ1) is 11.7. The lowest BCUT2D eigenvalue weighted by Crippen LogP contribution is -2.17. The number of hydrogen-bond donors (Lipinski definition) is 2. The highest BCUT2D eigenvalue weighted by Gasteiger charge is 2.14. The fourth-order valence-electron chi connectivity index (χ4n) is 2.58. The molecule has 24 heavy (non-hydrogen) atoms. The summed E-state index contributed by atoms with van der Waals surface area (Å²) in [7, 11) is 1.59. The number of aromatic nitrogens is 2. The van der Waals surface area contributed by atoms with E-state index in [1.807, 2.05) is 25.1 Å². The molecule has 0 atom stereocenters. The van der Waals surface area contributed by atoms with Gasteiger partial charge in [0.25, 0.3) is 5.91 Å². The van der Waals surface area contributed by atoms with Gasteiger partial charge in [0.2, 0.25) is 0 Å². The van der Waals surface area contributed by atoms with Crippen molar-refractivity contribution < 1.29 is 9.53 Å². The summed E-state index contributed by atoms with van der Waals surface area (Å²) in [6.45, 7) is 2.34. The second-order valence-electron chi connectivity index (χ2n) is 5.17. The SMILES string of the molecule is CCOc1cc2c(-c3cccc(C(=O)NC)c3)n[nH]c2cc1C#N. The summed E-state index contributed by atoms with van der Waals surface area (Å²) in [5, 5.41) is 20.0. The molecule has 1 heterocycles. The molecule has 3 rings (SSSR count). The number of nitriles is 1. The zero-order valence-corrected chi connectivity index (χ0v) is 13.4. The second-order valence-corrected chi connectivity index (χ2v) is 5.17. The number of benzene rings is 2. The molecule has 120 valence electrons. The monoisotopic (exact) mass is 320 g/mol. The number of hydrogen-bond acceptors (Lipinski definition) is 4. The number of carbonyl (C=O) groups excluding carboxylic acids is 1. The number of ether oxygens (including phenoxy) is 1. The number of aromatic amines is 1. The Hall–Kier alpha value is -3.33. The Bertz CT molecular complexity index is 953. The second kappa shape index (κ2) is 6.42. The van der Waals surface area contributed by atoms with Crippen molar-refractivity contribution in [3.63, 3.8) is 0 Å². The molecular weight excluding hydrogens is 304 g/mol. The first kappa shape index (κ1) is 15.6. The summed E-state index contributed by atoms with van der Waals surface area (Å²) in [5.41, 5.74) is 3.29. The summed E-state index contributed by atoms with van der Waals surface area (Å²) in [6.07, 6.45) is 0. The van der Waals surface area contributed by atoms with Gasteiger partial charge in [-0.1, -0.05) is 12.1 Å². The van der Waals surface area contributed by atoms with Gasteiger partial charge in [-0.15, -0.1) is 0 Å². The topological polar surface area (TPSA) is 90.8 Å². The molecule has 6 nitrogen and oxygen atoms in total. The number of nitrogens with one attached hydrogen (secondary N) is 2. The van der Waals surface area contributed by atoms with E-state index in [1.165, 1.54) is 0 Å². The summed E-state index contributed by atoms with van der Waals surface area (Å²) in [6, 6.07) is 12.9. The van der Waals surface area contributed by atoms with Crippen molar-refractivity contribution in [3.05, 3.63) is 47.5 Å². The molecule has 0 aliphatic carbocycles. The Balaban J connectivity index is 2.15. The van der Waals surface area contributed by atoms with Crippen LogP contribution < -0.4 is 10.1 Å². The van der Waals surface area contributed by atoms with Gasteiger partial charge >= 0.3 is 0 Å². The third kappa shape index (κ3) is 2.68. The fourth-order valence-corrected chi connectivity index (χ4v) is 2.58. The molecule has 0 unspecified atom stereocenters. The molecule has 0 bridgehead atoms. The van der Waals surface area contributed by atoms with Gasteiger partial charge in [-0.3, -0.25) is 9.89 Å². The van der Waals surface area contributed by atoms with E-state index in [9.17, 15) is 10.1 Å². The molecule has 3 aromatic rings. The first-order valence-electron chi connectivity index (χ1n) is 7.55. The lowest BCUT2D eigenvalue weighted by molar-refractivity contribution is 0.0963. The van der Waals surface area contributed by atoms with Crippen LogP contribution in [0.5, 0.6) is 5.75 Å². The largest absolute Gasteiger partial charge is 0.492 e. The molecule has 0 saturated carbocycles. The highest BCUT2D eigenvalue weighted by Crippen LogP contribution is 2.32. The molecule has 1 aromatic heterocycles. The molecule has 1 amide bonds. The third-order valence-corrected chi connectivity index (χ3v) is 3.71. The first-order valence-corrected chi connectivity index (χ1v) is 7.55. The van der Waals surface area contributed by atoms with E-state index in [2.05, 4.69) is 21.6 Å². The zero-order valence-electron chi connectivity index (χ0n) is 13.4. The normalized spacial score (nSPS) is 10.4. The van der Waals surface area contributed by atoms with E-state index >= 15 is 0 Å². The van der Waals surface area contributed by atoms with Gasteiger partial charge < -0.3 is 10.1 Å². The summed E-state index contributed by atoms with van der Waals surface area (Å²) in [5.74, 6) is 0.371. The average molecular weight is 320 g/mol. The maximum atomic E-state index is 11.8. The number of rotatable bonds is 4.